The molecule has 0 radical (unpaired) electrons. The van der Waals surface area contributed by atoms with Gasteiger partial charge in [0.05, 0.1) is 21.8 Å². The molecule has 6 nitrogen and oxygen atoms in total. The van der Waals surface area contributed by atoms with Crippen molar-refractivity contribution in [2.24, 2.45) is 0 Å². The molecule has 10 heteroatoms. The van der Waals surface area contributed by atoms with Crippen LogP contribution in [-0.2, 0) is 4.79 Å². The summed E-state index contributed by atoms with van der Waals surface area (Å²) >= 11 is 2.28. The Bertz CT molecular complexity index is 872. The van der Waals surface area contributed by atoms with Crippen LogP contribution in [0.25, 0.3) is 0 Å². The van der Waals surface area contributed by atoms with Gasteiger partial charge in [-0.25, -0.2) is 18.6 Å². The maximum atomic E-state index is 14.5. The van der Waals surface area contributed by atoms with Crippen molar-refractivity contribution in [1.82, 2.24) is 4.98 Å². The third kappa shape index (κ3) is 4.44. The van der Waals surface area contributed by atoms with Crippen LogP contribution in [0, 0.1) is 11.6 Å². The van der Waals surface area contributed by atoms with Crippen LogP contribution in [0.5, 0.6) is 0 Å². The molecule has 1 aromatic heterocycles. The number of carboxylic acid groups (broad SMARTS) is 1. The monoisotopic (exact) mass is 427 g/mol. The highest BCUT2D eigenvalue weighted by Gasteiger charge is 2.33. The van der Waals surface area contributed by atoms with Gasteiger partial charge < -0.3 is 5.11 Å². The Labute approximate surface area is 169 Å². The Kier molecular flexibility index (Phi) is 6.50. The number of thiazole rings is 1. The molecule has 2 amide bonds. The topological polar surface area (TPSA) is 73.7 Å². The quantitative estimate of drug-likeness (QED) is 0.682. The molecular formula is C18H19F2N3O3S2. The molecule has 0 bridgehead atoms. The average molecular weight is 427 g/mol. The van der Waals surface area contributed by atoms with Crippen LogP contribution >= 0.6 is 23.1 Å². The maximum Gasteiger partial charge on any atom is 0.330 e. The number of aromatic nitrogens is 1. The first-order valence-electron chi connectivity index (χ1n) is 8.70. The second kappa shape index (κ2) is 8.87. The first-order chi connectivity index (χ1) is 13.4. The van der Waals surface area contributed by atoms with E-state index >= 15 is 0 Å². The van der Waals surface area contributed by atoms with Gasteiger partial charge in [0.2, 0.25) is 0 Å². The standard InChI is InChI=1S/C18H19F2N3O3S2/c1-22(17-21-9-15(28-17)27-10-14(24)25)18(26)23(11-5-2-3-6-11)13-8-4-7-12(19)16(13)20/h4,7-9,11H,2-3,5-6,10H2,1H3,(H,24,25). The van der Waals surface area contributed by atoms with Crippen LogP contribution < -0.4 is 9.80 Å². The lowest BCUT2D eigenvalue weighted by Gasteiger charge is -2.32. The van der Waals surface area contributed by atoms with Crippen molar-refractivity contribution >= 4 is 45.9 Å². The minimum Gasteiger partial charge on any atom is -0.481 e. The number of benzene rings is 1. The minimum atomic E-state index is -1.05. The summed E-state index contributed by atoms with van der Waals surface area (Å²) in [6.07, 6.45) is 4.77. The summed E-state index contributed by atoms with van der Waals surface area (Å²) in [7, 11) is 1.52. The van der Waals surface area contributed by atoms with E-state index in [1.807, 2.05) is 0 Å². The molecule has 1 saturated carbocycles. The summed E-state index contributed by atoms with van der Waals surface area (Å²) < 4.78 is 28.9. The molecule has 28 heavy (non-hydrogen) atoms. The highest BCUT2D eigenvalue weighted by molar-refractivity contribution is 8.01. The summed E-state index contributed by atoms with van der Waals surface area (Å²) in [5.41, 5.74) is -0.0826. The number of halogens is 2. The predicted octanol–water partition coefficient (Wildman–Crippen LogP) is 4.60. The van der Waals surface area contributed by atoms with E-state index < -0.39 is 23.6 Å². The number of amides is 2. The molecule has 0 saturated heterocycles. The molecule has 1 aliphatic carbocycles. The van der Waals surface area contributed by atoms with E-state index in [0.717, 1.165) is 30.7 Å². The predicted molar refractivity (Wildman–Crippen MR) is 105 cm³/mol. The minimum absolute atomic E-state index is 0.0826. The number of carboxylic acids is 1. The number of thioether (sulfide) groups is 1. The van der Waals surface area contributed by atoms with Crippen molar-refractivity contribution in [2.45, 2.75) is 35.9 Å². The van der Waals surface area contributed by atoms with Gasteiger partial charge in [0.25, 0.3) is 0 Å². The highest BCUT2D eigenvalue weighted by atomic mass is 32.2. The Hall–Kier alpha value is -2.20. The Morgan fingerprint density at radius 3 is 2.71 bits per heavy atom. The van der Waals surface area contributed by atoms with Crippen LogP contribution in [0.2, 0.25) is 0 Å². The second-order valence-corrected chi connectivity index (χ2v) is 8.65. The van der Waals surface area contributed by atoms with E-state index in [0.29, 0.717) is 22.2 Å². The second-order valence-electron chi connectivity index (χ2n) is 6.37. The molecule has 1 heterocycles. The van der Waals surface area contributed by atoms with Gasteiger partial charge in [-0.05, 0) is 25.0 Å². The van der Waals surface area contributed by atoms with Crippen molar-refractivity contribution in [2.75, 3.05) is 22.6 Å². The molecule has 0 unspecified atom stereocenters. The molecule has 1 aromatic carbocycles. The van der Waals surface area contributed by atoms with E-state index in [4.69, 9.17) is 5.11 Å². The van der Waals surface area contributed by atoms with E-state index in [-0.39, 0.29) is 17.5 Å². The number of carbonyl (C=O) groups excluding carboxylic acids is 1. The fourth-order valence-corrected chi connectivity index (χ4v) is 4.78. The molecular weight excluding hydrogens is 408 g/mol. The van der Waals surface area contributed by atoms with E-state index in [9.17, 15) is 18.4 Å². The number of aliphatic carboxylic acids is 1. The third-order valence-electron chi connectivity index (χ3n) is 4.47. The summed E-state index contributed by atoms with van der Waals surface area (Å²) in [6.45, 7) is 0. The van der Waals surface area contributed by atoms with Gasteiger partial charge in [0.1, 0.15) is 0 Å². The van der Waals surface area contributed by atoms with Gasteiger partial charge in [-0.15, -0.1) is 11.8 Å². The maximum absolute atomic E-state index is 14.5. The number of carbonyl (C=O) groups is 2. The summed E-state index contributed by atoms with van der Waals surface area (Å²) in [6, 6.07) is 3.09. The number of rotatable bonds is 6. The molecule has 150 valence electrons. The number of nitrogens with zero attached hydrogens (tertiary/aromatic N) is 3. The number of hydrogen-bond acceptors (Lipinski definition) is 5. The van der Waals surface area contributed by atoms with Crippen molar-refractivity contribution < 1.29 is 23.5 Å². The van der Waals surface area contributed by atoms with Gasteiger partial charge in [0, 0.05) is 13.1 Å². The van der Waals surface area contributed by atoms with E-state index in [1.165, 1.54) is 46.5 Å². The summed E-state index contributed by atoms with van der Waals surface area (Å²) in [4.78, 5) is 30.7. The fourth-order valence-electron chi connectivity index (χ4n) is 3.15. The molecule has 0 aliphatic heterocycles. The number of hydrogen-bond donors (Lipinski definition) is 1. The van der Waals surface area contributed by atoms with Crippen LogP contribution in [0.1, 0.15) is 25.7 Å². The lowest BCUT2D eigenvalue weighted by Crippen LogP contribution is -2.47. The van der Waals surface area contributed by atoms with Crippen LogP contribution in [0.3, 0.4) is 0 Å². The van der Waals surface area contributed by atoms with Crippen LogP contribution in [0.15, 0.2) is 28.6 Å². The van der Waals surface area contributed by atoms with Crippen molar-refractivity contribution in [1.29, 1.82) is 0 Å². The Morgan fingerprint density at radius 1 is 1.32 bits per heavy atom. The first-order valence-corrected chi connectivity index (χ1v) is 10.5. The molecule has 3 rings (SSSR count). The Balaban J connectivity index is 1.86. The van der Waals surface area contributed by atoms with Gasteiger partial charge >= 0.3 is 12.0 Å². The lowest BCUT2D eigenvalue weighted by molar-refractivity contribution is -0.133. The zero-order valence-corrected chi connectivity index (χ0v) is 16.7. The lowest BCUT2D eigenvalue weighted by atomic mass is 10.1. The molecule has 0 atom stereocenters. The van der Waals surface area contributed by atoms with E-state index in [1.54, 1.807) is 0 Å². The number of urea groups is 1. The normalized spacial score (nSPS) is 14.2. The van der Waals surface area contributed by atoms with Crippen molar-refractivity contribution in [3.8, 4) is 0 Å². The molecule has 1 fully saturated rings. The smallest absolute Gasteiger partial charge is 0.330 e. The molecule has 2 aromatic rings. The van der Waals surface area contributed by atoms with E-state index in [2.05, 4.69) is 4.98 Å². The SMILES string of the molecule is CN(C(=O)N(c1cccc(F)c1F)C1CCCC1)c1ncc(SCC(=O)O)s1. The van der Waals surface area contributed by atoms with Crippen molar-refractivity contribution in [3.05, 3.63) is 36.0 Å². The summed E-state index contributed by atoms with van der Waals surface area (Å²) in [5.74, 6) is -3.11. The van der Waals surface area contributed by atoms with Crippen LogP contribution in [0.4, 0.5) is 24.4 Å². The highest BCUT2D eigenvalue weighted by Crippen LogP contribution is 2.34. The largest absolute Gasteiger partial charge is 0.481 e. The summed E-state index contributed by atoms with van der Waals surface area (Å²) in [5, 5.41) is 9.13. The zero-order valence-electron chi connectivity index (χ0n) is 15.1. The average Bonchev–Trinajstić information content (AvgIpc) is 3.35. The van der Waals surface area contributed by atoms with Gasteiger partial charge in [-0.3, -0.25) is 14.6 Å². The van der Waals surface area contributed by atoms with Gasteiger partial charge in [-0.1, -0.05) is 30.2 Å². The van der Waals surface area contributed by atoms with Crippen molar-refractivity contribution in [3.63, 3.8) is 0 Å². The number of anilines is 2. The Morgan fingerprint density at radius 2 is 2.04 bits per heavy atom. The van der Waals surface area contributed by atoms with Crippen LogP contribution in [-0.4, -0.2) is 40.9 Å². The molecule has 1 N–H and O–H groups in total. The molecule has 0 spiro atoms. The first kappa shape index (κ1) is 20.5. The zero-order chi connectivity index (χ0) is 20.3. The molecule has 1 aliphatic rings. The van der Waals surface area contributed by atoms with Gasteiger partial charge in [0.15, 0.2) is 16.8 Å². The van der Waals surface area contributed by atoms with Gasteiger partial charge in [-0.2, -0.15) is 0 Å². The third-order valence-corrected chi connectivity index (χ3v) is 6.72. The fraction of sp³-hybridized carbons (Fsp3) is 0.389.